The average molecular weight is 471 g/mol. The molecule has 1 fully saturated rings. The number of rotatable bonds is 6. The van der Waals surface area contributed by atoms with Crippen LogP contribution in [0, 0.1) is 0 Å². The fourth-order valence-electron chi connectivity index (χ4n) is 4.06. The number of carbonyl (C=O) groups is 4. The van der Waals surface area contributed by atoms with Gasteiger partial charge in [-0.25, -0.2) is 4.79 Å². The lowest BCUT2D eigenvalue weighted by molar-refractivity contribution is -0.136. The number of nitrogens with one attached hydrogen (secondary N) is 3. The number of urea groups is 1. The van der Waals surface area contributed by atoms with E-state index in [1.54, 1.807) is 37.4 Å². The molecule has 10 heteroatoms. The number of amides is 5. The molecule has 2 heterocycles. The summed E-state index contributed by atoms with van der Waals surface area (Å²) in [6, 6.07) is 10.6. The molecule has 2 aromatic rings. The van der Waals surface area contributed by atoms with E-state index in [2.05, 4.69) is 16.0 Å². The van der Waals surface area contributed by atoms with Crippen LogP contribution in [0.1, 0.15) is 40.4 Å². The van der Waals surface area contributed by atoms with Crippen LogP contribution >= 0.6 is 11.6 Å². The number of anilines is 1. The lowest BCUT2D eigenvalue weighted by atomic mass is 10.0. The van der Waals surface area contributed by atoms with Gasteiger partial charge in [-0.2, -0.15) is 0 Å². The zero-order chi connectivity index (χ0) is 23.5. The molecule has 2 aliphatic heterocycles. The standard InChI is InChI=1S/C23H23ClN4O5/c1-33-12-18(13-2-4-15(24)5-3-13)26-23(32)25-16-6-7-17-14(10-16)11-28(22(17)31)19-8-9-20(29)27-21(19)30/h2-7,10,18-19H,8-9,11-12H2,1H3,(H2,25,26,32)(H,27,29,30). The van der Waals surface area contributed by atoms with Gasteiger partial charge in [-0.1, -0.05) is 23.7 Å². The van der Waals surface area contributed by atoms with Crippen molar-refractivity contribution < 1.29 is 23.9 Å². The first-order chi connectivity index (χ1) is 15.9. The van der Waals surface area contributed by atoms with Crippen molar-refractivity contribution in [2.75, 3.05) is 19.0 Å². The molecule has 0 aromatic heterocycles. The van der Waals surface area contributed by atoms with Crippen LogP contribution in [0.25, 0.3) is 0 Å². The Hall–Kier alpha value is -3.43. The number of fused-ring (bicyclic) bond motifs is 1. The maximum Gasteiger partial charge on any atom is 0.319 e. The van der Waals surface area contributed by atoms with Gasteiger partial charge in [0.2, 0.25) is 11.8 Å². The van der Waals surface area contributed by atoms with Gasteiger partial charge in [0.25, 0.3) is 5.91 Å². The summed E-state index contributed by atoms with van der Waals surface area (Å²) in [6.45, 7) is 0.503. The van der Waals surface area contributed by atoms with Crippen LogP contribution in [0.4, 0.5) is 10.5 Å². The van der Waals surface area contributed by atoms with Crippen LogP contribution < -0.4 is 16.0 Å². The first-order valence-corrected chi connectivity index (χ1v) is 10.8. The number of piperidine rings is 1. The molecule has 2 unspecified atom stereocenters. The van der Waals surface area contributed by atoms with E-state index in [0.717, 1.165) is 5.56 Å². The quantitative estimate of drug-likeness (QED) is 0.561. The highest BCUT2D eigenvalue weighted by Crippen LogP contribution is 2.29. The Balaban J connectivity index is 1.43. The van der Waals surface area contributed by atoms with Crippen molar-refractivity contribution >= 4 is 41.0 Å². The molecule has 0 spiro atoms. The summed E-state index contributed by atoms with van der Waals surface area (Å²) >= 11 is 5.94. The topological polar surface area (TPSA) is 117 Å². The van der Waals surface area contributed by atoms with Crippen molar-refractivity contribution in [2.45, 2.75) is 31.5 Å². The third kappa shape index (κ3) is 4.99. The van der Waals surface area contributed by atoms with Crippen molar-refractivity contribution in [1.82, 2.24) is 15.5 Å². The van der Waals surface area contributed by atoms with E-state index in [9.17, 15) is 19.2 Å². The molecule has 9 nitrogen and oxygen atoms in total. The van der Waals surface area contributed by atoms with E-state index >= 15 is 0 Å². The summed E-state index contributed by atoms with van der Waals surface area (Å²) in [5.41, 5.74) is 2.53. The average Bonchev–Trinajstić information content (AvgIpc) is 3.09. The number of hydrogen-bond donors (Lipinski definition) is 3. The number of nitrogens with zero attached hydrogens (tertiary/aromatic N) is 1. The van der Waals surface area contributed by atoms with Crippen LogP contribution in [0.2, 0.25) is 5.02 Å². The van der Waals surface area contributed by atoms with Gasteiger partial charge >= 0.3 is 6.03 Å². The van der Waals surface area contributed by atoms with Gasteiger partial charge in [0, 0.05) is 36.3 Å². The van der Waals surface area contributed by atoms with Crippen LogP contribution in [0.5, 0.6) is 0 Å². The molecule has 3 N–H and O–H groups in total. The predicted molar refractivity (Wildman–Crippen MR) is 121 cm³/mol. The second-order valence-electron chi connectivity index (χ2n) is 7.93. The van der Waals surface area contributed by atoms with Crippen LogP contribution in [0.3, 0.4) is 0 Å². The first kappa shape index (κ1) is 22.8. The van der Waals surface area contributed by atoms with Crippen molar-refractivity contribution in [3.8, 4) is 0 Å². The van der Waals surface area contributed by atoms with Crippen molar-refractivity contribution in [2.24, 2.45) is 0 Å². The van der Waals surface area contributed by atoms with E-state index < -0.39 is 18.0 Å². The maximum atomic E-state index is 12.8. The minimum Gasteiger partial charge on any atom is -0.382 e. The normalized spacial score (nSPS) is 18.5. The zero-order valence-corrected chi connectivity index (χ0v) is 18.6. The lowest BCUT2D eigenvalue weighted by Gasteiger charge is -2.29. The molecule has 5 amide bonds. The minimum absolute atomic E-state index is 0.194. The van der Waals surface area contributed by atoms with E-state index in [1.807, 2.05) is 12.1 Å². The SMILES string of the molecule is COCC(NC(=O)Nc1ccc2c(c1)CN(C1CCC(=O)NC1=O)C2=O)c1ccc(Cl)cc1. The minimum atomic E-state index is -0.684. The van der Waals surface area contributed by atoms with Crippen LogP contribution in [-0.4, -0.2) is 48.4 Å². The second kappa shape index (κ2) is 9.60. The van der Waals surface area contributed by atoms with Crippen molar-refractivity contribution in [1.29, 1.82) is 0 Å². The second-order valence-corrected chi connectivity index (χ2v) is 8.37. The zero-order valence-electron chi connectivity index (χ0n) is 17.9. The smallest absolute Gasteiger partial charge is 0.319 e. The molecule has 2 aromatic carbocycles. The molecular formula is C23H23ClN4O5. The third-order valence-electron chi connectivity index (χ3n) is 5.69. The molecule has 0 aliphatic carbocycles. The third-order valence-corrected chi connectivity index (χ3v) is 5.94. The van der Waals surface area contributed by atoms with Gasteiger partial charge in [-0.15, -0.1) is 0 Å². The molecule has 0 radical (unpaired) electrons. The van der Waals surface area contributed by atoms with Crippen molar-refractivity contribution in [3.63, 3.8) is 0 Å². The Kier molecular flexibility index (Phi) is 6.62. The highest BCUT2D eigenvalue weighted by molar-refractivity contribution is 6.30. The van der Waals surface area contributed by atoms with E-state index in [1.165, 1.54) is 4.90 Å². The molecule has 4 rings (SSSR count). The summed E-state index contributed by atoms with van der Waals surface area (Å²) < 4.78 is 5.22. The van der Waals surface area contributed by atoms with Gasteiger partial charge in [-0.3, -0.25) is 19.7 Å². The Bertz CT molecular complexity index is 1100. The van der Waals surface area contributed by atoms with Gasteiger partial charge in [-0.05, 0) is 47.9 Å². The largest absolute Gasteiger partial charge is 0.382 e. The van der Waals surface area contributed by atoms with E-state index in [-0.39, 0.29) is 37.4 Å². The molecule has 172 valence electrons. The summed E-state index contributed by atoms with van der Waals surface area (Å²) in [5.74, 6) is -1.06. The predicted octanol–water partition coefficient (Wildman–Crippen LogP) is 2.61. The Morgan fingerprint density at radius 2 is 1.97 bits per heavy atom. The monoisotopic (exact) mass is 470 g/mol. The molecule has 2 aliphatic rings. The van der Waals surface area contributed by atoms with Crippen molar-refractivity contribution in [3.05, 3.63) is 64.2 Å². The van der Waals surface area contributed by atoms with E-state index in [0.29, 0.717) is 28.3 Å². The molecule has 2 atom stereocenters. The maximum absolute atomic E-state index is 12.8. The number of halogens is 1. The van der Waals surface area contributed by atoms with E-state index in [4.69, 9.17) is 16.3 Å². The lowest BCUT2D eigenvalue weighted by Crippen LogP contribution is -2.52. The molecule has 1 saturated heterocycles. The van der Waals surface area contributed by atoms with Gasteiger partial charge in [0.1, 0.15) is 6.04 Å². The molecule has 0 bridgehead atoms. The Labute approximate surface area is 195 Å². The first-order valence-electron chi connectivity index (χ1n) is 10.4. The highest BCUT2D eigenvalue weighted by atomic mass is 35.5. The van der Waals surface area contributed by atoms with Gasteiger partial charge < -0.3 is 20.3 Å². The van der Waals surface area contributed by atoms with Gasteiger partial charge in [0.05, 0.1) is 12.6 Å². The number of imide groups is 1. The fraction of sp³-hybridized carbons (Fsp3) is 0.304. The highest BCUT2D eigenvalue weighted by Gasteiger charge is 2.39. The Morgan fingerprint density at radius 3 is 2.67 bits per heavy atom. The summed E-state index contributed by atoms with van der Waals surface area (Å²) in [6.07, 6.45) is 0.489. The molecular weight excluding hydrogens is 448 g/mol. The fourth-order valence-corrected chi connectivity index (χ4v) is 4.19. The molecule has 33 heavy (non-hydrogen) atoms. The number of benzene rings is 2. The number of hydrogen-bond acceptors (Lipinski definition) is 5. The summed E-state index contributed by atoms with van der Waals surface area (Å²) in [4.78, 5) is 50.5. The summed E-state index contributed by atoms with van der Waals surface area (Å²) in [5, 5.41) is 8.53. The Morgan fingerprint density at radius 1 is 1.21 bits per heavy atom. The summed E-state index contributed by atoms with van der Waals surface area (Å²) in [7, 11) is 1.55. The number of ether oxygens (including phenoxy) is 1. The van der Waals surface area contributed by atoms with Crippen LogP contribution in [-0.2, 0) is 20.9 Å². The number of carbonyl (C=O) groups excluding carboxylic acids is 4. The van der Waals surface area contributed by atoms with Gasteiger partial charge in [0.15, 0.2) is 0 Å². The number of methoxy groups -OCH3 is 1. The molecule has 0 saturated carbocycles. The van der Waals surface area contributed by atoms with Crippen LogP contribution in [0.15, 0.2) is 42.5 Å².